The first-order valence-corrected chi connectivity index (χ1v) is 10.4. The lowest BCUT2D eigenvalue weighted by Crippen LogP contribution is -2.15. The maximum Gasteiger partial charge on any atom is 0.308 e. The number of esters is 2. The lowest BCUT2D eigenvalue weighted by Gasteiger charge is -2.18. The van der Waals surface area contributed by atoms with Gasteiger partial charge in [-0.2, -0.15) is 0 Å². The molecule has 0 radical (unpaired) electrons. The molecule has 0 bridgehead atoms. The van der Waals surface area contributed by atoms with Gasteiger partial charge in [0.05, 0.1) is 39.6 Å². The molecular weight excluding hydrogens is 416 g/mol. The number of ether oxygens (including phenoxy) is 6. The van der Waals surface area contributed by atoms with Crippen LogP contribution in [0, 0.1) is 11.8 Å². The van der Waals surface area contributed by atoms with Gasteiger partial charge in [0, 0.05) is 25.7 Å². The SMILES string of the molecule is COc1cc([C@H]2OC[C@H]3[C@@H]2CO[C@@H]3c2ccc(OC(C)=O)c(OC)c2)ccc1OC(C)=O. The van der Waals surface area contributed by atoms with Gasteiger partial charge >= 0.3 is 11.9 Å². The zero-order chi connectivity index (χ0) is 22.8. The van der Waals surface area contributed by atoms with E-state index in [1.54, 1.807) is 12.1 Å². The molecule has 2 fully saturated rings. The molecule has 0 aliphatic carbocycles. The van der Waals surface area contributed by atoms with Gasteiger partial charge in [0.25, 0.3) is 0 Å². The van der Waals surface area contributed by atoms with E-state index in [0.29, 0.717) is 36.2 Å². The van der Waals surface area contributed by atoms with Crippen LogP contribution in [0.25, 0.3) is 0 Å². The quantitative estimate of drug-likeness (QED) is 0.495. The predicted octanol–water partition coefficient (Wildman–Crippen LogP) is 3.63. The zero-order valence-corrected chi connectivity index (χ0v) is 18.5. The number of hydrogen-bond acceptors (Lipinski definition) is 8. The fourth-order valence-electron chi connectivity index (χ4n) is 4.44. The standard InChI is InChI=1S/C24H26O8/c1-13(25)31-19-7-5-15(9-21(19)27-3)23-17-11-30-24(18(17)12-29-23)16-6-8-20(32-14(2)26)22(10-16)28-4/h5-10,17-18,23-24H,11-12H2,1-4H3/t17-,18-,23+,24+/m0/s1. The summed E-state index contributed by atoms with van der Waals surface area (Å²) in [6, 6.07) is 10.9. The number of methoxy groups -OCH3 is 2. The Balaban J connectivity index is 1.54. The van der Waals surface area contributed by atoms with Gasteiger partial charge in [-0.25, -0.2) is 0 Å². The van der Waals surface area contributed by atoms with Crippen LogP contribution < -0.4 is 18.9 Å². The monoisotopic (exact) mass is 442 g/mol. The Morgan fingerprint density at radius 1 is 0.719 bits per heavy atom. The maximum absolute atomic E-state index is 11.3. The van der Waals surface area contributed by atoms with Gasteiger partial charge in [-0.1, -0.05) is 12.1 Å². The smallest absolute Gasteiger partial charge is 0.308 e. The summed E-state index contributed by atoms with van der Waals surface area (Å²) in [6.45, 7) is 3.79. The summed E-state index contributed by atoms with van der Waals surface area (Å²) in [5, 5.41) is 0. The van der Waals surface area contributed by atoms with Crippen LogP contribution >= 0.6 is 0 Å². The maximum atomic E-state index is 11.3. The van der Waals surface area contributed by atoms with E-state index in [1.165, 1.54) is 28.1 Å². The molecule has 2 aromatic carbocycles. The Bertz CT molecular complexity index is 936. The molecule has 0 amide bonds. The fourth-order valence-corrected chi connectivity index (χ4v) is 4.44. The van der Waals surface area contributed by atoms with Crippen molar-refractivity contribution in [3.8, 4) is 23.0 Å². The van der Waals surface area contributed by atoms with E-state index in [4.69, 9.17) is 28.4 Å². The van der Waals surface area contributed by atoms with E-state index >= 15 is 0 Å². The van der Waals surface area contributed by atoms with Gasteiger partial charge in [-0.05, 0) is 35.4 Å². The van der Waals surface area contributed by atoms with Gasteiger partial charge < -0.3 is 28.4 Å². The van der Waals surface area contributed by atoms with E-state index in [1.807, 2.05) is 24.3 Å². The van der Waals surface area contributed by atoms with Crippen molar-refractivity contribution in [3.63, 3.8) is 0 Å². The van der Waals surface area contributed by atoms with Gasteiger partial charge in [-0.3, -0.25) is 9.59 Å². The van der Waals surface area contributed by atoms with E-state index < -0.39 is 11.9 Å². The van der Waals surface area contributed by atoms with Crippen molar-refractivity contribution in [2.45, 2.75) is 26.1 Å². The molecule has 8 heteroatoms. The molecule has 2 aliphatic heterocycles. The summed E-state index contributed by atoms with van der Waals surface area (Å²) in [6.07, 6.45) is -0.319. The summed E-state index contributed by atoms with van der Waals surface area (Å²) >= 11 is 0. The Hall–Kier alpha value is -3.10. The van der Waals surface area contributed by atoms with Crippen LogP contribution in [-0.2, 0) is 19.1 Å². The van der Waals surface area contributed by atoms with E-state index in [-0.39, 0.29) is 24.0 Å². The molecule has 0 spiro atoms. The Kier molecular flexibility index (Phi) is 6.34. The first-order valence-electron chi connectivity index (χ1n) is 10.4. The molecule has 2 aliphatic rings. The minimum absolute atomic E-state index is 0.156. The van der Waals surface area contributed by atoms with Crippen molar-refractivity contribution in [1.29, 1.82) is 0 Å². The normalized spacial score (nSPS) is 24.0. The van der Waals surface area contributed by atoms with Crippen molar-refractivity contribution in [1.82, 2.24) is 0 Å². The van der Waals surface area contributed by atoms with Crippen molar-refractivity contribution in [2.75, 3.05) is 27.4 Å². The van der Waals surface area contributed by atoms with Crippen molar-refractivity contribution in [2.24, 2.45) is 11.8 Å². The molecule has 0 saturated carbocycles. The number of fused-ring (bicyclic) bond motifs is 1. The number of hydrogen-bond donors (Lipinski definition) is 0. The topological polar surface area (TPSA) is 89.5 Å². The summed E-state index contributed by atoms with van der Waals surface area (Å²) in [7, 11) is 3.07. The lowest BCUT2D eigenvalue weighted by atomic mass is 9.85. The molecule has 8 nitrogen and oxygen atoms in total. The average Bonchev–Trinajstić information content (AvgIpc) is 3.36. The lowest BCUT2D eigenvalue weighted by molar-refractivity contribution is -0.132. The summed E-state index contributed by atoms with van der Waals surface area (Å²) in [5.74, 6) is 1.20. The van der Waals surface area contributed by atoms with Gasteiger partial charge in [0.15, 0.2) is 23.0 Å². The van der Waals surface area contributed by atoms with Crippen LogP contribution in [-0.4, -0.2) is 39.4 Å². The molecule has 2 aromatic rings. The predicted molar refractivity (Wildman–Crippen MR) is 113 cm³/mol. The second-order valence-electron chi connectivity index (χ2n) is 7.84. The number of benzene rings is 2. The van der Waals surface area contributed by atoms with E-state index in [9.17, 15) is 9.59 Å². The summed E-state index contributed by atoms with van der Waals surface area (Å²) in [4.78, 5) is 22.6. The molecule has 2 heterocycles. The number of rotatable bonds is 6. The van der Waals surface area contributed by atoms with Crippen LogP contribution in [0.2, 0.25) is 0 Å². The summed E-state index contributed by atoms with van der Waals surface area (Å²) < 4.78 is 33.5. The molecule has 4 atom stereocenters. The van der Waals surface area contributed by atoms with Gasteiger partial charge in [0.2, 0.25) is 0 Å². The second-order valence-corrected chi connectivity index (χ2v) is 7.84. The molecule has 170 valence electrons. The van der Waals surface area contributed by atoms with Crippen LogP contribution in [0.5, 0.6) is 23.0 Å². The Morgan fingerprint density at radius 2 is 1.12 bits per heavy atom. The van der Waals surface area contributed by atoms with Crippen molar-refractivity contribution >= 4 is 11.9 Å². The third-order valence-electron chi connectivity index (χ3n) is 5.80. The van der Waals surface area contributed by atoms with Gasteiger partial charge in [-0.15, -0.1) is 0 Å². The first-order chi connectivity index (χ1) is 15.4. The van der Waals surface area contributed by atoms with E-state index in [0.717, 1.165) is 11.1 Å². The average molecular weight is 442 g/mol. The third-order valence-corrected chi connectivity index (χ3v) is 5.80. The fraction of sp³-hybridized carbons (Fsp3) is 0.417. The Morgan fingerprint density at radius 3 is 1.47 bits per heavy atom. The largest absolute Gasteiger partial charge is 0.493 e. The third kappa shape index (κ3) is 4.28. The zero-order valence-electron chi connectivity index (χ0n) is 18.5. The Labute approximate surface area is 186 Å². The number of carbonyl (C=O) groups excluding carboxylic acids is 2. The number of carbonyl (C=O) groups is 2. The molecule has 0 N–H and O–H groups in total. The minimum Gasteiger partial charge on any atom is -0.493 e. The molecule has 0 aromatic heterocycles. The highest BCUT2D eigenvalue weighted by Crippen LogP contribution is 2.51. The molecule has 0 unspecified atom stereocenters. The highest BCUT2D eigenvalue weighted by atomic mass is 16.6. The first kappa shape index (κ1) is 22.1. The van der Waals surface area contributed by atoms with Crippen LogP contribution in [0.1, 0.15) is 37.2 Å². The van der Waals surface area contributed by atoms with Gasteiger partial charge in [0.1, 0.15) is 0 Å². The van der Waals surface area contributed by atoms with Crippen molar-refractivity contribution < 1.29 is 38.0 Å². The van der Waals surface area contributed by atoms with E-state index in [2.05, 4.69) is 0 Å². The summed E-state index contributed by atoms with van der Waals surface area (Å²) in [5.41, 5.74) is 1.88. The van der Waals surface area contributed by atoms with Crippen LogP contribution in [0.3, 0.4) is 0 Å². The second kappa shape index (κ2) is 9.18. The molecule has 32 heavy (non-hydrogen) atoms. The van der Waals surface area contributed by atoms with Crippen LogP contribution in [0.4, 0.5) is 0 Å². The highest BCUT2D eigenvalue weighted by molar-refractivity contribution is 5.71. The van der Waals surface area contributed by atoms with Crippen LogP contribution in [0.15, 0.2) is 36.4 Å². The molecule has 4 rings (SSSR count). The van der Waals surface area contributed by atoms with Crippen molar-refractivity contribution in [3.05, 3.63) is 47.5 Å². The highest BCUT2D eigenvalue weighted by Gasteiger charge is 2.48. The molecular formula is C24H26O8. The molecule has 2 saturated heterocycles. The minimum atomic E-state index is -0.407.